The van der Waals surface area contributed by atoms with Gasteiger partial charge in [-0.05, 0) is 77.0 Å². The van der Waals surface area contributed by atoms with Crippen LogP contribution in [-0.4, -0.2) is 37.0 Å². The summed E-state index contributed by atoms with van der Waals surface area (Å²) in [7, 11) is 0. The number of hydrogen-bond acceptors (Lipinski definition) is 4. The average Bonchev–Trinajstić information content (AvgIpc) is 3.11. The standard InChI is InChI=1S/C45H82O4/c1-3-5-7-9-11-13-15-17-19-21-22-23-24-25-26-28-30-32-34-36-38-40-45(47)49-44(42-46)43-48-41-39-37-35-33-31-29-27-20-18-16-14-12-10-8-6-4-2/h15,17-18,20-22,24-25,44,46H,3-14,16,19,23,26-43H2,1-2H3/b17-15-,20-18-,22-21-,25-24-. The van der Waals surface area contributed by atoms with E-state index in [2.05, 4.69) is 62.5 Å². The molecule has 0 rings (SSSR count). The highest BCUT2D eigenvalue weighted by Crippen LogP contribution is 2.12. The molecule has 0 aromatic heterocycles. The van der Waals surface area contributed by atoms with Crippen LogP contribution in [0, 0.1) is 0 Å². The van der Waals surface area contributed by atoms with Crippen LogP contribution in [-0.2, 0) is 14.3 Å². The Bertz CT molecular complexity index is 768. The number of esters is 1. The molecule has 0 aromatic rings. The van der Waals surface area contributed by atoms with Crippen LogP contribution in [0.3, 0.4) is 0 Å². The zero-order valence-electron chi connectivity index (χ0n) is 32.7. The lowest BCUT2D eigenvalue weighted by atomic mass is 10.1. The Morgan fingerprint density at radius 3 is 1.31 bits per heavy atom. The van der Waals surface area contributed by atoms with E-state index in [4.69, 9.17) is 9.47 Å². The number of carbonyl (C=O) groups is 1. The molecule has 286 valence electrons. The van der Waals surface area contributed by atoms with E-state index < -0.39 is 6.10 Å². The molecule has 0 fully saturated rings. The lowest BCUT2D eigenvalue weighted by Crippen LogP contribution is -2.27. The summed E-state index contributed by atoms with van der Waals surface area (Å²) in [6.45, 7) is 5.31. The van der Waals surface area contributed by atoms with Crippen LogP contribution >= 0.6 is 0 Å². The highest BCUT2D eigenvalue weighted by molar-refractivity contribution is 5.69. The van der Waals surface area contributed by atoms with Gasteiger partial charge in [-0.15, -0.1) is 0 Å². The first-order valence-electron chi connectivity index (χ1n) is 21.2. The van der Waals surface area contributed by atoms with Crippen molar-refractivity contribution >= 4 is 5.97 Å². The zero-order chi connectivity index (χ0) is 35.6. The van der Waals surface area contributed by atoms with Crippen LogP contribution in [0.15, 0.2) is 48.6 Å². The van der Waals surface area contributed by atoms with E-state index in [-0.39, 0.29) is 19.2 Å². The van der Waals surface area contributed by atoms with Crippen molar-refractivity contribution in [3.63, 3.8) is 0 Å². The average molecular weight is 687 g/mol. The van der Waals surface area contributed by atoms with E-state index in [0.717, 1.165) is 44.9 Å². The molecule has 4 nitrogen and oxygen atoms in total. The summed E-state index contributed by atoms with van der Waals surface area (Å²) < 4.78 is 11.1. The molecule has 0 aliphatic carbocycles. The van der Waals surface area contributed by atoms with Gasteiger partial charge in [0.05, 0.1) is 13.2 Å². The minimum absolute atomic E-state index is 0.180. The molecule has 0 amide bonds. The van der Waals surface area contributed by atoms with Gasteiger partial charge in [-0.3, -0.25) is 4.79 Å². The van der Waals surface area contributed by atoms with Crippen LogP contribution in [0.5, 0.6) is 0 Å². The largest absolute Gasteiger partial charge is 0.457 e. The second-order valence-electron chi connectivity index (χ2n) is 14.1. The van der Waals surface area contributed by atoms with E-state index in [0.29, 0.717) is 13.0 Å². The molecule has 4 heteroatoms. The van der Waals surface area contributed by atoms with Crippen LogP contribution in [0.25, 0.3) is 0 Å². The summed E-state index contributed by atoms with van der Waals surface area (Å²) in [6.07, 6.45) is 54.5. The van der Waals surface area contributed by atoms with Crippen molar-refractivity contribution in [3.05, 3.63) is 48.6 Å². The van der Waals surface area contributed by atoms with E-state index in [1.165, 1.54) is 141 Å². The first kappa shape index (κ1) is 47.4. The molecule has 0 saturated heterocycles. The fourth-order valence-electron chi connectivity index (χ4n) is 5.92. The van der Waals surface area contributed by atoms with Gasteiger partial charge in [0, 0.05) is 13.0 Å². The smallest absolute Gasteiger partial charge is 0.306 e. The predicted molar refractivity (Wildman–Crippen MR) is 214 cm³/mol. The third-order valence-electron chi connectivity index (χ3n) is 9.13. The summed E-state index contributed by atoms with van der Waals surface area (Å²) >= 11 is 0. The number of rotatable bonds is 39. The van der Waals surface area contributed by atoms with Gasteiger partial charge >= 0.3 is 5.97 Å². The molecule has 0 aromatic carbocycles. The second kappa shape index (κ2) is 42.5. The van der Waals surface area contributed by atoms with Gasteiger partial charge in [0.15, 0.2) is 0 Å². The van der Waals surface area contributed by atoms with Gasteiger partial charge in [0.25, 0.3) is 0 Å². The summed E-state index contributed by atoms with van der Waals surface area (Å²) in [5.74, 6) is -0.215. The van der Waals surface area contributed by atoms with Crippen molar-refractivity contribution in [2.24, 2.45) is 0 Å². The maximum atomic E-state index is 12.2. The number of carbonyl (C=O) groups excluding carboxylic acids is 1. The Labute approximate surface area is 305 Å². The van der Waals surface area contributed by atoms with Crippen LogP contribution in [0.1, 0.15) is 206 Å². The van der Waals surface area contributed by atoms with Crippen molar-refractivity contribution in [2.75, 3.05) is 19.8 Å². The van der Waals surface area contributed by atoms with Gasteiger partial charge in [0.2, 0.25) is 0 Å². The quantitative estimate of drug-likeness (QED) is 0.0397. The Hall–Kier alpha value is -1.65. The van der Waals surface area contributed by atoms with E-state index in [1.54, 1.807) is 0 Å². The highest BCUT2D eigenvalue weighted by Gasteiger charge is 2.13. The lowest BCUT2D eigenvalue weighted by molar-refractivity contribution is -0.154. The lowest BCUT2D eigenvalue weighted by Gasteiger charge is -2.15. The Morgan fingerprint density at radius 1 is 0.490 bits per heavy atom. The SMILES string of the molecule is CCCCCCC/C=C\C/C=C\C/C=C\CCCCCCCCC(=O)OC(CO)COCCCCCCCC/C=C\CCCCCCCC. The molecule has 0 aliphatic rings. The third-order valence-corrected chi connectivity index (χ3v) is 9.13. The second-order valence-corrected chi connectivity index (χ2v) is 14.1. The molecular weight excluding hydrogens is 604 g/mol. The summed E-state index contributed by atoms with van der Waals surface area (Å²) in [4.78, 5) is 12.2. The fraction of sp³-hybridized carbons (Fsp3) is 0.800. The van der Waals surface area contributed by atoms with Crippen LogP contribution in [0.2, 0.25) is 0 Å². The van der Waals surface area contributed by atoms with Gasteiger partial charge in [-0.1, -0.05) is 172 Å². The Balaban J connectivity index is 3.49. The van der Waals surface area contributed by atoms with Crippen molar-refractivity contribution < 1.29 is 19.4 Å². The Morgan fingerprint density at radius 2 is 0.857 bits per heavy atom. The highest BCUT2D eigenvalue weighted by atomic mass is 16.6. The minimum Gasteiger partial charge on any atom is -0.457 e. The number of hydrogen-bond donors (Lipinski definition) is 1. The van der Waals surface area contributed by atoms with E-state index >= 15 is 0 Å². The molecule has 0 aliphatic heterocycles. The van der Waals surface area contributed by atoms with E-state index in [9.17, 15) is 9.90 Å². The number of aliphatic hydroxyl groups excluding tert-OH is 1. The van der Waals surface area contributed by atoms with Crippen molar-refractivity contribution in [1.29, 1.82) is 0 Å². The van der Waals surface area contributed by atoms with Crippen molar-refractivity contribution in [2.45, 2.75) is 213 Å². The molecule has 1 N–H and O–H groups in total. The first-order valence-corrected chi connectivity index (χ1v) is 21.2. The molecule has 0 spiro atoms. The van der Waals surface area contributed by atoms with Gasteiger partial charge < -0.3 is 14.6 Å². The topological polar surface area (TPSA) is 55.8 Å². The number of aliphatic hydroxyl groups is 1. The summed E-state index contributed by atoms with van der Waals surface area (Å²) in [6, 6.07) is 0. The maximum Gasteiger partial charge on any atom is 0.306 e. The molecule has 1 atom stereocenters. The summed E-state index contributed by atoms with van der Waals surface area (Å²) in [5, 5.41) is 9.59. The molecule has 0 bridgehead atoms. The van der Waals surface area contributed by atoms with Crippen LogP contribution in [0.4, 0.5) is 0 Å². The fourth-order valence-corrected chi connectivity index (χ4v) is 5.92. The monoisotopic (exact) mass is 687 g/mol. The number of allylic oxidation sites excluding steroid dienone is 8. The molecule has 49 heavy (non-hydrogen) atoms. The molecule has 0 radical (unpaired) electrons. The van der Waals surface area contributed by atoms with Crippen molar-refractivity contribution in [3.8, 4) is 0 Å². The third kappa shape index (κ3) is 40.7. The Kier molecular flexibility index (Phi) is 41.1. The first-order chi connectivity index (χ1) is 24.2. The van der Waals surface area contributed by atoms with Gasteiger partial charge in [-0.25, -0.2) is 0 Å². The zero-order valence-corrected chi connectivity index (χ0v) is 32.7. The van der Waals surface area contributed by atoms with E-state index in [1.807, 2.05) is 0 Å². The molecule has 0 heterocycles. The maximum absolute atomic E-state index is 12.2. The predicted octanol–water partition coefficient (Wildman–Crippen LogP) is 13.9. The number of ether oxygens (including phenoxy) is 2. The number of unbranched alkanes of at least 4 members (excludes halogenated alkanes) is 23. The summed E-state index contributed by atoms with van der Waals surface area (Å²) in [5.41, 5.74) is 0. The van der Waals surface area contributed by atoms with Crippen LogP contribution < -0.4 is 0 Å². The van der Waals surface area contributed by atoms with Crippen molar-refractivity contribution in [1.82, 2.24) is 0 Å². The minimum atomic E-state index is -0.545. The molecule has 1 unspecified atom stereocenters. The van der Waals surface area contributed by atoms with Gasteiger partial charge in [0.1, 0.15) is 6.10 Å². The van der Waals surface area contributed by atoms with Gasteiger partial charge in [-0.2, -0.15) is 0 Å². The normalized spacial score (nSPS) is 12.8. The molecular formula is C45H82O4. The molecule has 0 saturated carbocycles.